The summed E-state index contributed by atoms with van der Waals surface area (Å²) >= 11 is 5.99. The summed E-state index contributed by atoms with van der Waals surface area (Å²) in [6.45, 7) is 0. The van der Waals surface area contributed by atoms with Crippen LogP contribution in [0, 0.1) is 5.92 Å². The van der Waals surface area contributed by atoms with Crippen LogP contribution in [0.2, 0.25) is 5.02 Å². The highest BCUT2D eigenvalue weighted by Crippen LogP contribution is 2.27. The topological polar surface area (TPSA) is 91.2 Å². The average Bonchev–Trinajstić information content (AvgIpc) is 3.00. The largest absolute Gasteiger partial charge is 0.351 e. The Morgan fingerprint density at radius 2 is 2.08 bits per heavy atom. The van der Waals surface area contributed by atoms with Crippen molar-refractivity contribution >= 4 is 34.3 Å². The third-order valence-corrected chi connectivity index (χ3v) is 5.35. The molecule has 1 saturated carbocycles. The summed E-state index contributed by atoms with van der Waals surface area (Å²) in [4.78, 5) is 29.2. The number of nitrogens with two attached hydrogens (primary N) is 1. The summed E-state index contributed by atoms with van der Waals surface area (Å²) in [5, 5.41) is 4.57. The van der Waals surface area contributed by atoms with Crippen LogP contribution in [-0.2, 0) is 4.79 Å². The van der Waals surface area contributed by atoms with Crippen LogP contribution < -0.4 is 11.1 Å². The van der Waals surface area contributed by atoms with Crippen molar-refractivity contribution in [2.45, 2.75) is 37.8 Å². The maximum Gasteiger partial charge on any atom is 0.268 e. The Labute approximate surface area is 158 Å². The zero-order chi connectivity index (χ0) is 18.8. The molecule has 26 heavy (non-hydrogen) atoms. The molecule has 1 aromatic carbocycles. The van der Waals surface area contributed by atoms with Crippen molar-refractivity contribution in [3.8, 4) is 0 Å². The van der Waals surface area contributed by atoms with Crippen LogP contribution in [0.4, 0.5) is 0 Å². The van der Waals surface area contributed by atoms with Gasteiger partial charge in [0.1, 0.15) is 5.69 Å². The van der Waals surface area contributed by atoms with Gasteiger partial charge in [0.25, 0.3) is 5.91 Å². The molecular weight excluding hydrogens is 352 g/mol. The van der Waals surface area contributed by atoms with Gasteiger partial charge in [-0.05, 0) is 49.4 Å². The Morgan fingerprint density at radius 3 is 2.77 bits per heavy atom. The zero-order valence-electron chi connectivity index (χ0n) is 15.1. The molecule has 3 atom stereocenters. The lowest BCUT2D eigenvalue weighted by Crippen LogP contribution is -2.51. The summed E-state index contributed by atoms with van der Waals surface area (Å²) in [6, 6.07) is 7.03. The van der Waals surface area contributed by atoms with Crippen LogP contribution in [0.25, 0.3) is 10.9 Å². The number of benzene rings is 1. The quantitative estimate of drug-likeness (QED) is 0.765. The van der Waals surface area contributed by atoms with E-state index in [-0.39, 0.29) is 29.8 Å². The number of hydrogen-bond acceptors (Lipinski definition) is 3. The Kier molecular flexibility index (Phi) is 5.53. The molecule has 0 spiro atoms. The highest BCUT2D eigenvalue weighted by atomic mass is 35.5. The van der Waals surface area contributed by atoms with E-state index in [1.165, 1.54) is 0 Å². The van der Waals surface area contributed by atoms with Crippen LogP contribution in [-0.4, -0.2) is 47.9 Å². The number of amides is 2. The fraction of sp³-hybridized carbons (Fsp3) is 0.474. The number of aromatic amines is 1. The molecule has 4 N–H and O–H groups in total. The lowest BCUT2D eigenvalue weighted by Gasteiger charge is -2.34. The first kappa shape index (κ1) is 18.7. The highest BCUT2D eigenvalue weighted by Gasteiger charge is 2.30. The van der Waals surface area contributed by atoms with Crippen molar-refractivity contribution in [2.24, 2.45) is 11.7 Å². The minimum atomic E-state index is -0.166. The number of aromatic nitrogens is 1. The molecule has 0 bridgehead atoms. The van der Waals surface area contributed by atoms with Gasteiger partial charge in [0, 0.05) is 48.5 Å². The lowest BCUT2D eigenvalue weighted by molar-refractivity contribution is -0.130. The number of halogens is 1. The van der Waals surface area contributed by atoms with Crippen molar-refractivity contribution in [2.75, 3.05) is 14.1 Å². The molecule has 1 aromatic heterocycles. The molecule has 7 heteroatoms. The van der Waals surface area contributed by atoms with E-state index < -0.39 is 0 Å². The van der Waals surface area contributed by atoms with Crippen molar-refractivity contribution in [1.82, 2.24) is 15.2 Å². The predicted octanol–water partition coefficient (Wildman–Crippen LogP) is 2.53. The van der Waals surface area contributed by atoms with Crippen LogP contribution in [0.15, 0.2) is 24.3 Å². The fourth-order valence-corrected chi connectivity index (χ4v) is 3.74. The van der Waals surface area contributed by atoms with Gasteiger partial charge >= 0.3 is 0 Å². The van der Waals surface area contributed by atoms with E-state index >= 15 is 0 Å². The molecule has 1 aliphatic rings. The van der Waals surface area contributed by atoms with Crippen molar-refractivity contribution in [3.63, 3.8) is 0 Å². The molecule has 0 unspecified atom stereocenters. The number of hydrogen-bond donors (Lipinski definition) is 3. The van der Waals surface area contributed by atoms with Crippen LogP contribution in [0.1, 0.15) is 36.2 Å². The number of nitrogens with one attached hydrogen (secondary N) is 2. The Bertz CT molecular complexity index is 817. The smallest absolute Gasteiger partial charge is 0.268 e. The van der Waals surface area contributed by atoms with Gasteiger partial charge in [-0.1, -0.05) is 11.6 Å². The van der Waals surface area contributed by atoms with Gasteiger partial charge in [0.2, 0.25) is 5.91 Å². The first-order valence-electron chi connectivity index (χ1n) is 8.88. The molecule has 2 aromatic rings. The number of fused-ring (bicyclic) bond motifs is 1. The molecule has 3 rings (SSSR count). The number of rotatable bonds is 4. The summed E-state index contributed by atoms with van der Waals surface area (Å²) in [5.41, 5.74) is 7.64. The molecule has 1 aliphatic carbocycles. The molecule has 6 nitrogen and oxygen atoms in total. The maximum absolute atomic E-state index is 12.6. The van der Waals surface area contributed by atoms with E-state index in [0.29, 0.717) is 17.1 Å². The van der Waals surface area contributed by atoms with Gasteiger partial charge < -0.3 is 20.9 Å². The van der Waals surface area contributed by atoms with Crippen molar-refractivity contribution in [3.05, 3.63) is 35.0 Å². The lowest BCUT2D eigenvalue weighted by atomic mass is 9.81. The van der Waals surface area contributed by atoms with Gasteiger partial charge in [0.15, 0.2) is 0 Å². The van der Waals surface area contributed by atoms with Crippen LogP contribution in [0.3, 0.4) is 0 Å². The monoisotopic (exact) mass is 376 g/mol. The fourth-order valence-electron chi connectivity index (χ4n) is 3.56. The number of carbonyl (C=O) groups excluding carboxylic acids is 2. The molecule has 1 fully saturated rings. The van der Waals surface area contributed by atoms with Gasteiger partial charge in [-0.25, -0.2) is 0 Å². The van der Waals surface area contributed by atoms with E-state index in [1.54, 1.807) is 31.1 Å². The van der Waals surface area contributed by atoms with E-state index in [2.05, 4.69) is 10.3 Å². The Morgan fingerprint density at radius 1 is 1.31 bits per heavy atom. The summed E-state index contributed by atoms with van der Waals surface area (Å²) < 4.78 is 0. The third kappa shape index (κ3) is 4.19. The van der Waals surface area contributed by atoms with Gasteiger partial charge in [-0.2, -0.15) is 0 Å². The number of H-pyrrole nitrogens is 1. The van der Waals surface area contributed by atoms with Crippen molar-refractivity contribution in [1.29, 1.82) is 0 Å². The molecule has 0 radical (unpaired) electrons. The minimum absolute atomic E-state index is 0.0804. The van der Waals surface area contributed by atoms with E-state index in [0.717, 1.165) is 30.2 Å². The van der Waals surface area contributed by atoms with E-state index in [9.17, 15) is 9.59 Å². The number of carbonyl (C=O) groups is 2. The SMILES string of the molecule is CN(C)C(=O)C[C@H]1CC[C@H](NC(=O)c2cc3cc(Cl)ccc3[nH]2)[C@H](N)C1. The molecule has 140 valence electrons. The van der Waals surface area contributed by atoms with E-state index in [4.69, 9.17) is 17.3 Å². The Hall–Kier alpha value is -2.05. The highest BCUT2D eigenvalue weighted by molar-refractivity contribution is 6.31. The zero-order valence-corrected chi connectivity index (χ0v) is 15.8. The molecule has 2 amide bonds. The average molecular weight is 377 g/mol. The predicted molar refractivity (Wildman–Crippen MR) is 103 cm³/mol. The first-order valence-corrected chi connectivity index (χ1v) is 9.26. The molecule has 0 saturated heterocycles. The number of nitrogens with zero attached hydrogens (tertiary/aromatic N) is 1. The second-order valence-electron chi connectivity index (χ2n) is 7.33. The molecule has 0 aliphatic heterocycles. The molecular formula is C19H25ClN4O2. The van der Waals surface area contributed by atoms with Gasteiger partial charge in [0.05, 0.1) is 0 Å². The maximum atomic E-state index is 12.6. The second kappa shape index (κ2) is 7.68. The Balaban J connectivity index is 1.60. The van der Waals surface area contributed by atoms with Crippen LogP contribution >= 0.6 is 11.6 Å². The second-order valence-corrected chi connectivity index (χ2v) is 7.77. The standard InChI is InChI=1S/C19H25ClN4O2/c1-24(2)18(25)8-11-3-5-16(14(21)7-11)23-19(26)17-10-12-9-13(20)4-6-15(12)22-17/h4,6,9-11,14,16,22H,3,5,7-8,21H2,1-2H3,(H,23,26)/t11-,14+,16-/m0/s1. The molecule has 1 heterocycles. The summed E-state index contributed by atoms with van der Waals surface area (Å²) in [7, 11) is 3.53. The van der Waals surface area contributed by atoms with Gasteiger partial charge in [-0.3, -0.25) is 9.59 Å². The first-order chi connectivity index (χ1) is 12.3. The van der Waals surface area contributed by atoms with Crippen LogP contribution in [0.5, 0.6) is 0 Å². The third-order valence-electron chi connectivity index (χ3n) is 5.11. The summed E-state index contributed by atoms with van der Waals surface area (Å²) in [5.74, 6) is 0.241. The summed E-state index contributed by atoms with van der Waals surface area (Å²) in [6.07, 6.45) is 2.93. The van der Waals surface area contributed by atoms with Gasteiger partial charge in [-0.15, -0.1) is 0 Å². The van der Waals surface area contributed by atoms with Crippen molar-refractivity contribution < 1.29 is 9.59 Å². The normalized spacial score (nSPS) is 23.0. The minimum Gasteiger partial charge on any atom is -0.351 e. The van der Waals surface area contributed by atoms with E-state index in [1.807, 2.05) is 12.1 Å².